The highest BCUT2D eigenvalue weighted by Gasteiger charge is 2.00. The van der Waals surface area contributed by atoms with E-state index in [1.807, 2.05) is 11.8 Å². The molecule has 0 radical (unpaired) electrons. The van der Waals surface area contributed by atoms with Crippen LogP contribution in [-0.4, -0.2) is 22.7 Å². The van der Waals surface area contributed by atoms with Crippen LogP contribution in [-0.2, 0) is 0 Å². The molecule has 0 aliphatic heterocycles. The number of unbranched alkanes of at least 4 members (excludes halogenated alkanes) is 15. The van der Waals surface area contributed by atoms with E-state index < -0.39 is 0 Å². The highest BCUT2D eigenvalue weighted by molar-refractivity contribution is 7.99. The van der Waals surface area contributed by atoms with Crippen LogP contribution in [0.15, 0.2) is 0 Å². The third kappa shape index (κ3) is 20.4. The first kappa shape index (κ1) is 24.3. The molecule has 0 aromatic heterocycles. The van der Waals surface area contributed by atoms with Crippen LogP contribution >= 0.6 is 11.8 Å². The summed E-state index contributed by atoms with van der Waals surface area (Å²) in [7, 11) is 0. The van der Waals surface area contributed by atoms with Crippen molar-refractivity contribution in [1.29, 1.82) is 0 Å². The van der Waals surface area contributed by atoms with Gasteiger partial charge in [0.25, 0.3) is 0 Å². The summed E-state index contributed by atoms with van der Waals surface area (Å²) in [6, 6.07) is 0. The largest absolute Gasteiger partial charge is 0.396 e. The Labute approximate surface area is 157 Å². The lowest BCUT2D eigenvalue weighted by Gasteiger charge is -2.08. The Morgan fingerprint density at radius 3 is 1.38 bits per heavy atom. The van der Waals surface area contributed by atoms with Gasteiger partial charge in [0.05, 0.1) is 0 Å². The summed E-state index contributed by atoms with van der Waals surface area (Å²) in [6.45, 7) is 4.86. The molecule has 24 heavy (non-hydrogen) atoms. The summed E-state index contributed by atoms with van der Waals surface area (Å²) >= 11 is 2.03. The van der Waals surface area contributed by atoms with Gasteiger partial charge in [-0.3, -0.25) is 0 Å². The van der Waals surface area contributed by atoms with Crippen LogP contribution in [0.3, 0.4) is 0 Å². The SMILES string of the molecule is CCCCCCCCCCCCCCCCCCSC(C)CCO. The Balaban J connectivity index is 3.00. The smallest absolute Gasteiger partial charge is 0.0441 e. The van der Waals surface area contributed by atoms with Gasteiger partial charge in [0.15, 0.2) is 0 Å². The van der Waals surface area contributed by atoms with Crippen molar-refractivity contribution in [1.82, 2.24) is 0 Å². The molecule has 0 spiro atoms. The highest BCUT2D eigenvalue weighted by Crippen LogP contribution is 2.17. The van der Waals surface area contributed by atoms with Crippen LogP contribution in [0.2, 0.25) is 0 Å². The van der Waals surface area contributed by atoms with Gasteiger partial charge in [-0.15, -0.1) is 0 Å². The summed E-state index contributed by atoms with van der Waals surface area (Å²) in [6.07, 6.45) is 24.0. The molecular weight excluding hydrogens is 312 g/mol. The van der Waals surface area contributed by atoms with Crippen LogP contribution in [0.4, 0.5) is 0 Å². The zero-order valence-electron chi connectivity index (χ0n) is 16.9. The van der Waals surface area contributed by atoms with Crippen molar-refractivity contribution in [2.24, 2.45) is 0 Å². The number of aliphatic hydroxyl groups is 1. The van der Waals surface area contributed by atoms with Crippen molar-refractivity contribution in [3.8, 4) is 0 Å². The second-order valence-electron chi connectivity index (χ2n) is 7.50. The van der Waals surface area contributed by atoms with Crippen LogP contribution in [0.25, 0.3) is 0 Å². The molecule has 0 amide bonds. The van der Waals surface area contributed by atoms with Gasteiger partial charge >= 0.3 is 0 Å². The van der Waals surface area contributed by atoms with E-state index in [0.29, 0.717) is 11.9 Å². The molecule has 0 aliphatic rings. The van der Waals surface area contributed by atoms with Crippen LogP contribution in [0.5, 0.6) is 0 Å². The summed E-state index contributed by atoms with van der Waals surface area (Å²) < 4.78 is 0. The van der Waals surface area contributed by atoms with Crippen molar-refractivity contribution in [3.05, 3.63) is 0 Å². The van der Waals surface area contributed by atoms with Gasteiger partial charge in [0, 0.05) is 11.9 Å². The van der Waals surface area contributed by atoms with Gasteiger partial charge in [-0.2, -0.15) is 11.8 Å². The van der Waals surface area contributed by atoms with Crippen LogP contribution < -0.4 is 0 Å². The molecule has 1 atom stereocenters. The van der Waals surface area contributed by atoms with Gasteiger partial charge in [0.1, 0.15) is 0 Å². The Morgan fingerprint density at radius 1 is 0.625 bits per heavy atom. The minimum absolute atomic E-state index is 0.340. The third-order valence-electron chi connectivity index (χ3n) is 4.94. The summed E-state index contributed by atoms with van der Waals surface area (Å²) in [5, 5.41) is 9.50. The van der Waals surface area contributed by atoms with Crippen molar-refractivity contribution >= 4 is 11.8 Å². The van der Waals surface area contributed by atoms with E-state index in [2.05, 4.69) is 13.8 Å². The van der Waals surface area contributed by atoms with E-state index in [4.69, 9.17) is 5.11 Å². The molecule has 1 nitrogen and oxygen atoms in total. The van der Waals surface area contributed by atoms with Gasteiger partial charge in [0.2, 0.25) is 0 Å². The van der Waals surface area contributed by atoms with E-state index in [1.165, 1.54) is 108 Å². The number of aliphatic hydroxyl groups excluding tert-OH is 1. The molecule has 0 aromatic carbocycles. The summed E-state index contributed by atoms with van der Waals surface area (Å²) in [5.41, 5.74) is 0. The lowest BCUT2D eigenvalue weighted by Crippen LogP contribution is -2.00. The molecule has 1 N–H and O–H groups in total. The molecule has 0 aliphatic carbocycles. The van der Waals surface area contributed by atoms with E-state index in [9.17, 15) is 0 Å². The maximum Gasteiger partial charge on any atom is 0.0441 e. The average molecular weight is 359 g/mol. The fourth-order valence-electron chi connectivity index (χ4n) is 3.20. The fourth-order valence-corrected chi connectivity index (χ4v) is 4.25. The monoisotopic (exact) mass is 358 g/mol. The molecule has 0 saturated heterocycles. The topological polar surface area (TPSA) is 20.2 Å². The first-order chi connectivity index (χ1) is 11.8. The highest BCUT2D eigenvalue weighted by atomic mass is 32.2. The minimum Gasteiger partial charge on any atom is -0.396 e. The van der Waals surface area contributed by atoms with Crippen LogP contribution in [0, 0.1) is 0 Å². The summed E-state index contributed by atoms with van der Waals surface area (Å²) in [5.74, 6) is 1.28. The van der Waals surface area contributed by atoms with E-state index >= 15 is 0 Å². The van der Waals surface area contributed by atoms with E-state index in [0.717, 1.165) is 6.42 Å². The lowest BCUT2D eigenvalue weighted by atomic mass is 10.0. The second kappa shape index (κ2) is 21.4. The maximum absolute atomic E-state index is 8.87. The molecule has 2 heteroatoms. The van der Waals surface area contributed by atoms with Gasteiger partial charge in [-0.05, 0) is 18.6 Å². The predicted octanol–water partition coefficient (Wildman–Crippen LogP) is 7.75. The van der Waals surface area contributed by atoms with Crippen molar-refractivity contribution in [2.45, 2.75) is 128 Å². The van der Waals surface area contributed by atoms with E-state index in [1.54, 1.807) is 0 Å². The Kier molecular flexibility index (Phi) is 21.6. The molecule has 0 heterocycles. The van der Waals surface area contributed by atoms with Crippen molar-refractivity contribution in [2.75, 3.05) is 12.4 Å². The number of rotatable bonds is 20. The standard InChI is InChI=1S/C22H46OS/c1-3-4-5-6-7-8-9-10-11-12-13-14-15-16-17-18-21-24-22(2)19-20-23/h22-23H,3-21H2,1-2H3. The normalized spacial score (nSPS) is 12.6. The van der Waals surface area contributed by atoms with Crippen LogP contribution in [0.1, 0.15) is 123 Å². The van der Waals surface area contributed by atoms with E-state index in [-0.39, 0.29) is 0 Å². The van der Waals surface area contributed by atoms with Gasteiger partial charge < -0.3 is 5.11 Å². The quantitative estimate of drug-likeness (QED) is 0.224. The minimum atomic E-state index is 0.340. The Morgan fingerprint density at radius 2 is 1.00 bits per heavy atom. The second-order valence-corrected chi connectivity index (χ2v) is 9.04. The van der Waals surface area contributed by atoms with Crippen molar-refractivity contribution < 1.29 is 5.11 Å². The summed E-state index contributed by atoms with van der Waals surface area (Å²) in [4.78, 5) is 0. The molecule has 0 aromatic rings. The third-order valence-corrected chi connectivity index (χ3v) is 6.27. The first-order valence-electron chi connectivity index (χ1n) is 11.0. The molecular formula is C22H46OS. The molecule has 0 rings (SSSR count). The number of hydrogen-bond donors (Lipinski definition) is 1. The zero-order chi connectivity index (χ0) is 17.7. The molecule has 146 valence electrons. The number of thioether (sulfide) groups is 1. The number of hydrogen-bond acceptors (Lipinski definition) is 2. The maximum atomic E-state index is 8.87. The van der Waals surface area contributed by atoms with Gasteiger partial charge in [-0.1, -0.05) is 110 Å². The fraction of sp³-hybridized carbons (Fsp3) is 1.00. The average Bonchev–Trinajstić information content (AvgIpc) is 2.58. The van der Waals surface area contributed by atoms with Gasteiger partial charge in [-0.25, -0.2) is 0 Å². The predicted molar refractivity (Wildman–Crippen MR) is 113 cm³/mol. The van der Waals surface area contributed by atoms with Crippen molar-refractivity contribution in [3.63, 3.8) is 0 Å². The first-order valence-corrected chi connectivity index (χ1v) is 12.1. The lowest BCUT2D eigenvalue weighted by molar-refractivity contribution is 0.289. The zero-order valence-corrected chi connectivity index (χ0v) is 17.7. The molecule has 0 saturated carbocycles. The Hall–Kier alpha value is 0.310. The molecule has 0 bridgehead atoms. The molecule has 0 fully saturated rings. The Bertz CT molecular complexity index is 220. The molecule has 1 unspecified atom stereocenters.